The van der Waals surface area contributed by atoms with Gasteiger partial charge in [-0.2, -0.15) is 0 Å². The van der Waals surface area contributed by atoms with Crippen LogP contribution < -0.4 is 16.4 Å². The fourth-order valence-corrected chi connectivity index (χ4v) is 1.26. The van der Waals surface area contributed by atoms with Gasteiger partial charge in [0.25, 0.3) is 0 Å². The summed E-state index contributed by atoms with van der Waals surface area (Å²) in [7, 11) is 3.36. The first-order chi connectivity index (χ1) is 7.06. The lowest BCUT2D eigenvalue weighted by Gasteiger charge is -2.08. The van der Waals surface area contributed by atoms with Crippen LogP contribution in [0.4, 0.5) is 0 Å². The van der Waals surface area contributed by atoms with Crippen LogP contribution in [-0.2, 0) is 13.6 Å². The molecular weight excluding hydrogens is 194 g/mol. The standard InChI is InChI=1S/C10H15N3O2/c1-8(6-11-2)7-13-5-4-12(3)9(14)10(13)15/h4-5,11H,1,6-7H2,2-3H3. The minimum absolute atomic E-state index is 0.371. The summed E-state index contributed by atoms with van der Waals surface area (Å²) in [6, 6.07) is 0. The molecule has 1 N–H and O–H groups in total. The van der Waals surface area contributed by atoms with E-state index in [1.54, 1.807) is 26.5 Å². The second-order valence-electron chi connectivity index (χ2n) is 3.43. The Balaban J connectivity index is 2.98. The summed E-state index contributed by atoms with van der Waals surface area (Å²) < 4.78 is 2.63. The lowest BCUT2D eigenvalue weighted by molar-refractivity contribution is 0.670. The fourth-order valence-electron chi connectivity index (χ4n) is 1.26. The molecule has 0 saturated carbocycles. The smallest absolute Gasteiger partial charge is 0.316 e. The van der Waals surface area contributed by atoms with Crippen molar-refractivity contribution in [3.63, 3.8) is 0 Å². The highest BCUT2D eigenvalue weighted by Gasteiger charge is 2.02. The maximum Gasteiger partial charge on any atom is 0.316 e. The largest absolute Gasteiger partial charge is 0.316 e. The van der Waals surface area contributed by atoms with Crippen LogP contribution in [0.25, 0.3) is 0 Å². The van der Waals surface area contributed by atoms with Crippen LogP contribution in [0.3, 0.4) is 0 Å². The van der Waals surface area contributed by atoms with Crippen molar-refractivity contribution in [2.45, 2.75) is 6.54 Å². The average Bonchev–Trinajstić information content (AvgIpc) is 2.20. The quantitative estimate of drug-likeness (QED) is 0.528. The molecule has 0 atom stereocenters. The van der Waals surface area contributed by atoms with Crippen molar-refractivity contribution in [2.75, 3.05) is 13.6 Å². The molecule has 0 unspecified atom stereocenters. The van der Waals surface area contributed by atoms with Gasteiger partial charge in [0.15, 0.2) is 0 Å². The van der Waals surface area contributed by atoms with Crippen molar-refractivity contribution in [1.29, 1.82) is 0 Å². The Hall–Kier alpha value is -1.62. The predicted octanol–water partition coefficient (Wildman–Crippen LogP) is -0.677. The first-order valence-electron chi connectivity index (χ1n) is 4.63. The molecule has 0 radical (unpaired) electrons. The number of hydrogen-bond acceptors (Lipinski definition) is 3. The zero-order valence-corrected chi connectivity index (χ0v) is 8.99. The Labute approximate surface area is 87.7 Å². The summed E-state index contributed by atoms with van der Waals surface area (Å²) in [5, 5.41) is 2.93. The predicted molar refractivity (Wildman–Crippen MR) is 59.0 cm³/mol. The molecule has 0 saturated heterocycles. The highest BCUT2D eigenvalue weighted by atomic mass is 16.2. The molecule has 0 aromatic carbocycles. The number of rotatable bonds is 4. The summed E-state index contributed by atoms with van der Waals surface area (Å²) in [5.41, 5.74) is -0.181. The molecule has 0 aliphatic carbocycles. The zero-order chi connectivity index (χ0) is 11.4. The number of hydrogen-bond donors (Lipinski definition) is 1. The Morgan fingerprint density at radius 1 is 1.40 bits per heavy atom. The van der Waals surface area contributed by atoms with E-state index in [1.807, 2.05) is 0 Å². The summed E-state index contributed by atoms with van der Waals surface area (Å²) in [6.07, 6.45) is 3.15. The molecule has 0 amide bonds. The Morgan fingerprint density at radius 2 is 2.07 bits per heavy atom. The van der Waals surface area contributed by atoms with Gasteiger partial charge in [-0.3, -0.25) is 9.59 Å². The van der Waals surface area contributed by atoms with Gasteiger partial charge in [0.1, 0.15) is 0 Å². The van der Waals surface area contributed by atoms with E-state index in [-0.39, 0.29) is 0 Å². The Kier molecular flexibility index (Phi) is 3.62. The van der Waals surface area contributed by atoms with Gasteiger partial charge in [0.05, 0.1) is 0 Å². The van der Waals surface area contributed by atoms with E-state index >= 15 is 0 Å². The molecule has 5 nitrogen and oxygen atoms in total. The van der Waals surface area contributed by atoms with Crippen LogP contribution in [0.5, 0.6) is 0 Å². The van der Waals surface area contributed by atoms with E-state index < -0.39 is 11.1 Å². The van der Waals surface area contributed by atoms with Gasteiger partial charge in [-0.15, -0.1) is 0 Å². The van der Waals surface area contributed by atoms with Crippen molar-refractivity contribution in [2.24, 2.45) is 7.05 Å². The van der Waals surface area contributed by atoms with Gasteiger partial charge < -0.3 is 14.5 Å². The maximum absolute atomic E-state index is 11.5. The van der Waals surface area contributed by atoms with Crippen molar-refractivity contribution in [3.8, 4) is 0 Å². The normalized spacial score (nSPS) is 10.3. The second-order valence-corrected chi connectivity index (χ2v) is 3.43. The monoisotopic (exact) mass is 209 g/mol. The van der Waals surface area contributed by atoms with Gasteiger partial charge in [0.2, 0.25) is 0 Å². The second kappa shape index (κ2) is 4.75. The molecule has 1 rings (SSSR count). The number of likely N-dealkylation sites (N-methyl/N-ethyl adjacent to an activating group) is 1. The third-order valence-corrected chi connectivity index (χ3v) is 2.06. The molecule has 0 aliphatic heterocycles. The van der Waals surface area contributed by atoms with Crippen molar-refractivity contribution in [1.82, 2.24) is 14.5 Å². The van der Waals surface area contributed by atoms with Crippen LogP contribution in [0.15, 0.2) is 34.1 Å². The molecule has 0 spiro atoms. The molecule has 1 aromatic heterocycles. The van der Waals surface area contributed by atoms with Crippen LogP contribution in [0, 0.1) is 0 Å². The van der Waals surface area contributed by atoms with Crippen LogP contribution in [-0.4, -0.2) is 22.7 Å². The molecule has 1 aromatic rings. The summed E-state index contributed by atoms with van der Waals surface area (Å²) in [6.45, 7) is 4.80. The maximum atomic E-state index is 11.5. The molecule has 1 heterocycles. The third kappa shape index (κ3) is 2.66. The van der Waals surface area contributed by atoms with Gasteiger partial charge >= 0.3 is 11.1 Å². The number of aromatic nitrogens is 2. The van der Waals surface area contributed by atoms with Gasteiger partial charge in [-0.25, -0.2) is 0 Å². The SMILES string of the molecule is C=C(CNC)Cn1ccn(C)c(=O)c1=O. The summed E-state index contributed by atoms with van der Waals surface area (Å²) in [5.74, 6) is 0. The molecule has 0 aliphatic rings. The highest BCUT2D eigenvalue weighted by molar-refractivity contribution is 4.98. The first kappa shape index (κ1) is 11.5. The first-order valence-corrected chi connectivity index (χ1v) is 4.63. The van der Waals surface area contributed by atoms with E-state index in [9.17, 15) is 9.59 Å². The van der Waals surface area contributed by atoms with Crippen LogP contribution in [0.1, 0.15) is 0 Å². The number of aryl methyl sites for hydroxylation is 1. The van der Waals surface area contributed by atoms with Gasteiger partial charge in [-0.05, 0) is 12.6 Å². The molecule has 82 valence electrons. The van der Waals surface area contributed by atoms with E-state index in [0.717, 1.165) is 5.57 Å². The molecule has 15 heavy (non-hydrogen) atoms. The van der Waals surface area contributed by atoms with Crippen molar-refractivity contribution >= 4 is 0 Å². The molecule has 5 heteroatoms. The lowest BCUT2D eigenvalue weighted by Crippen LogP contribution is -2.40. The van der Waals surface area contributed by atoms with Crippen molar-refractivity contribution < 1.29 is 0 Å². The summed E-state index contributed by atoms with van der Waals surface area (Å²) in [4.78, 5) is 22.8. The molecule has 0 fully saturated rings. The molecule has 0 bridgehead atoms. The van der Waals surface area contributed by atoms with E-state index in [1.165, 1.54) is 9.13 Å². The van der Waals surface area contributed by atoms with E-state index in [4.69, 9.17) is 0 Å². The zero-order valence-electron chi connectivity index (χ0n) is 8.99. The Bertz CT molecular complexity index is 470. The minimum Gasteiger partial charge on any atom is -0.316 e. The molecular formula is C10H15N3O2. The van der Waals surface area contributed by atoms with E-state index in [0.29, 0.717) is 13.1 Å². The van der Waals surface area contributed by atoms with Gasteiger partial charge in [-0.1, -0.05) is 6.58 Å². The fraction of sp³-hybridized carbons (Fsp3) is 0.400. The number of nitrogens with one attached hydrogen (secondary N) is 1. The topological polar surface area (TPSA) is 56.0 Å². The average molecular weight is 209 g/mol. The van der Waals surface area contributed by atoms with Crippen molar-refractivity contribution in [3.05, 3.63) is 45.3 Å². The Morgan fingerprint density at radius 3 is 2.67 bits per heavy atom. The highest BCUT2D eigenvalue weighted by Crippen LogP contribution is 1.91. The van der Waals surface area contributed by atoms with E-state index in [2.05, 4.69) is 11.9 Å². The van der Waals surface area contributed by atoms with Crippen LogP contribution >= 0.6 is 0 Å². The van der Waals surface area contributed by atoms with Gasteiger partial charge in [0, 0.05) is 32.5 Å². The van der Waals surface area contributed by atoms with Crippen LogP contribution in [0.2, 0.25) is 0 Å². The minimum atomic E-state index is -0.519. The third-order valence-electron chi connectivity index (χ3n) is 2.06. The lowest BCUT2D eigenvalue weighted by atomic mass is 10.3. The number of nitrogens with zero attached hydrogens (tertiary/aromatic N) is 2. The summed E-state index contributed by atoms with van der Waals surface area (Å²) >= 11 is 0.